The lowest BCUT2D eigenvalue weighted by molar-refractivity contribution is 0.286. The average Bonchev–Trinajstić information content (AvgIpc) is 2.37. The van der Waals surface area contributed by atoms with Gasteiger partial charge in [-0.1, -0.05) is 24.7 Å². The Morgan fingerprint density at radius 2 is 1.94 bits per heavy atom. The van der Waals surface area contributed by atoms with Gasteiger partial charge < -0.3 is 0 Å². The quantitative estimate of drug-likeness (QED) is 0.641. The minimum absolute atomic E-state index is 0.114. The number of hydrogen-bond acceptors (Lipinski definition) is 0. The molecule has 0 aromatic heterocycles. The van der Waals surface area contributed by atoms with Gasteiger partial charge in [0.05, 0.1) is 6.42 Å². The highest BCUT2D eigenvalue weighted by Crippen LogP contribution is 2.35. The van der Waals surface area contributed by atoms with Gasteiger partial charge in [0, 0.05) is 17.8 Å². The average molecular weight is 224 g/mol. The van der Waals surface area contributed by atoms with Gasteiger partial charge >= 0.3 is 0 Å². The van der Waals surface area contributed by atoms with Crippen molar-refractivity contribution in [2.75, 3.05) is 0 Å². The van der Waals surface area contributed by atoms with E-state index in [1.54, 1.807) is 0 Å². The van der Waals surface area contributed by atoms with Gasteiger partial charge in [0.25, 0.3) is 0 Å². The Labute approximate surface area is 107 Å². The topological polar surface area (TPSA) is 0 Å². The van der Waals surface area contributed by atoms with Crippen LogP contribution in [0.2, 0.25) is 0 Å². The summed E-state index contributed by atoms with van der Waals surface area (Å²) in [7, 11) is 0. The molecular weight excluding hydrogens is 204 g/mol. The van der Waals surface area contributed by atoms with Crippen LogP contribution in [0.15, 0.2) is 0 Å². The van der Waals surface area contributed by atoms with Gasteiger partial charge in [0.15, 0.2) is 0 Å². The highest BCUT2D eigenvalue weighted by Gasteiger charge is 2.30. The van der Waals surface area contributed by atoms with Crippen molar-refractivity contribution in [1.82, 2.24) is 0 Å². The zero-order valence-electron chi connectivity index (χ0n) is 11.1. The predicted molar refractivity (Wildman–Crippen MR) is 74.6 cm³/mol. The van der Waals surface area contributed by atoms with Gasteiger partial charge in [-0.25, -0.2) is 0 Å². The van der Waals surface area contributed by atoms with Gasteiger partial charge in [-0.15, -0.1) is 30.6 Å². The highest BCUT2D eigenvalue weighted by atomic mass is 14.3. The normalized spacial score (nSPS) is 13.7. The van der Waals surface area contributed by atoms with Gasteiger partial charge in [-0.2, -0.15) is 0 Å². The molecule has 0 aromatic rings. The summed E-state index contributed by atoms with van der Waals surface area (Å²) in [5.41, 5.74) is -0.156. The minimum Gasteiger partial charge on any atom is -0.120 e. The van der Waals surface area contributed by atoms with Gasteiger partial charge in [0.1, 0.15) is 0 Å². The van der Waals surface area contributed by atoms with Crippen molar-refractivity contribution in [1.29, 1.82) is 0 Å². The molecule has 17 heavy (non-hydrogen) atoms. The summed E-state index contributed by atoms with van der Waals surface area (Å²) in [4.78, 5) is 0. The monoisotopic (exact) mass is 224 g/mol. The fourth-order valence-electron chi connectivity index (χ4n) is 1.77. The summed E-state index contributed by atoms with van der Waals surface area (Å²) >= 11 is 0. The molecule has 0 aliphatic rings. The van der Waals surface area contributed by atoms with Crippen molar-refractivity contribution in [2.24, 2.45) is 11.3 Å². The lowest BCUT2D eigenvalue weighted by atomic mass is 9.71. The summed E-state index contributed by atoms with van der Waals surface area (Å²) in [6.45, 7) is 5.97. The van der Waals surface area contributed by atoms with Crippen LogP contribution in [0.5, 0.6) is 0 Å². The number of hydrogen-bond donors (Lipinski definition) is 0. The first-order valence-corrected chi connectivity index (χ1v) is 5.96. The highest BCUT2D eigenvalue weighted by molar-refractivity contribution is 5.21. The molecule has 0 aliphatic carbocycles. The molecule has 0 fully saturated rings. The molecule has 0 bridgehead atoms. The fraction of sp³-hybridized carbons (Fsp3) is 0.529. The van der Waals surface area contributed by atoms with E-state index < -0.39 is 0 Å². The SMILES string of the molecule is C#CCCC(C#CCC#CC)(CC)C(C)C#C. The second-order valence-electron chi connectivity index (χ2n) is 4.01. The molecular formula is C17H20. The van der Waals surface area contributed by atoms with E-state index in [9.17, 15) is 0 Å². The van der Waals surface area contributed by atoms with E-state index in [2.05, 4.69) is 42.4 Å². The molecule has 88 valence electrons. The molecule has 0 spiro atoms. The summed E-state index contributed by atoms with van der Waals surface area (Å²) in [5.74, 6) is 17.8. The van der Waals surface area contributed by atoms with Crippen LogP contribution in [-0.4, -0.2) is 0 Å². The summed E-state index contributed by atoms with van der Waals surface area (Å²) < 4.78 is 0. The maximum atomic E-state index is 5.54. The third kappa shape index (κ3) is 4.73. The Bertz CT molecular complexity index is 419. The summed E-state index contributed by atoms with van der Waals surface area (Å²) in [6.07, 6.45) is 14.0. The van der Waals surface area contributed by atoms with Crippen LogP contribution < -0.4 is 0 Å². The lowest BCUT2D eigenvalue weighted by Crippen LogP contribution is -2.25. The zero-order valence-corrected chi connectivity index (χ0v) is 11.1. The van der Waals surface area contributed by atoms with Crippen LogP contribution in [0.3, 0.4) is 0 Å². The van der Waals surface area contributed by atoms with Crippen LogP contribution >= 0.6 is 0 Å². The Hall–Kier alpha value is -1.76. The van der Waals surface area contributed by atoms with Crippen molar-refractivity contribution < 1.29 is 0 Å². The third-order valence-electron chi connectivity index (χ3n) is 3.12. The molecule has 0 nitrogen and oxygen atoms in total. The molecule has 0 amide bonds. The molecule has 2 atom stereocenters. The molecule has 0 heteroatoms. The smallest absolute Gasteiger partial charge is 0.0702 e. The van der Waals surface area contributed by atoms with E-state index in [1.165, 1.54) is 0 Å². The van der Waals surface area contributed by atoms with Crippen LogP contribution in [0.25, 0.3) is 0 Å². The van der Waals surface area contributed by atoms with E-state index in [0.717, 1.165) is 12.8 Å². The predicted octanol–water partition coefficient (Wildman–Crippen LogP) is 3.48. The summed E-state index contributed by atoms with van der Waals surface area (Å²) in [6, 6.07) is 0. The van der Waals surface area contributed by atoms with E-state index in [0.29, 0.717) is 12.8 Å². The van der Waals surface area contributed by atoms with Crippen LogP contribution in [0.4, 0.5) is 0 Å². The number of terminal acetylenes is 2. The lowest BCUT2D eigenvalue weighted by Gasteiger charge is -2.30. The van der Waals surface area contributed by atoms with E-state index in [-0.39, 0.29) is 11.3 Å². The first kappa shape index (κ1) is 15.2. The molecule has 0 saturated carbocycles. The first-order chi connectivity index (χ1) is 8.16. The molecule has 0 aromatic carbocycles. The van der Waals surface area contributed by atoms with Gasteiger partial charge in [0.2, 0.25) is 0 Å². The third-order valence-corrected chi connectivity index (χ3v) is 3.12. The minimum atomic E-state index is -0.156. The first-order valence-electron chi connectivity index (χ1n) is 5.96. The second-order valence-corrected chi connectivity index (χ2v) is 4.01. The Balaban J connectivity index is 5.02. The maximum Gasteiger partial charge on any atom is 0.0702 e. The summed E-state index contributed by atoms with van der Waals surface area (Å²) in [5, 5.41) is 0. The second kappa shape index (κ2) is 8.40. The Kier molecular flexibility index (Phi) is 7.53. The molecule has 0 rings (SSSR count). The molecule has 0 saturated heterocycles. The van der Waals surface area contributed by atoms with Gasteiger partial charge in [-0.05, 0) is 26.7 Å². The molecule has 0 aliphatic heterocycles. The molecule has 0 N–H and O–H groups in total. The van der Waals surface area contributed by atoms with Gasteiger partial charge in [-0.3, -0.25) is 0 Å². The van der Waals surface area contributed by atoms with Crippen LogP contribution in [0.1, 0.15) is 46.5 Å². The van der Waals surface area contributed by atoms with Crippen molar-refractivity contribution >= 4 is 0 Å². The van der Waals surface area contributed by atoms with Crippen molar-refractivity contribution in [2.45, 2.75) is 46.5 Å². The van der Waals surface area contributed by atoms with E-state index in [4.69, 9.17) is 12.8 Å². The maximum absolute atomic E-state index is 5.54. The Morgan fingerprint density at radius 1 is 1.24 bits per heavy atom. The van der Waals surface area contributed by atoms with Crippen molar-refractivity contribution in [3.8, 4) is 48.4 Å². The van der Waals surface area contributed by atoms with Crippen LogP contribution in [-0.2, 0) is 0 Å². The largest absolute Gasteiger partial charge is 0.120 e. The zero-order chi connectivity index (χ0) is 13.1. The van der Waals surface area contributed by atoms with Crippen molar-refractivity contribution in [3.05, 3.63) is 0 Å². The number of rotatable bonds is 4. The standard InChI is InChI=1S/C17H20/c1-6-10-12-13-15-17(9-4,14-11-7-2)16(5)8-3/h2-3,16H,9,11-12,14H2,1,4-5H3. The van der Waals surface area contributed by atoms with Crippen molar-refractivity contribution in [3.63, 3.8) is 0 Å². The van der Waals surface area contributed by atoms with Crippen LogP contribution in [0, 0.1) is 59.7 Å². The fourth-order valence-corrected chi connectivity index (χ4v) is 1.77. The Morgan fingerprint density at radius 3 is 2.41 bits per heavy atom. The van der Waals surface area contributed by atoms with E-state index in [1.807, 2.05) is 13.8 Å². The molecule has 0 radical (unpaired) electrons. The molecule has 2 unspecified atom stereocenters. The molecule has 0 heterocycles. The van der Waals surface area contributed by atoms with E-state index >= 15 is 0 Å².